The van der Waals surface area contributed by atoms with E-state index in [1.165, 1.54) is 74.9 Å². The van der Waals surface area contributed by atoms with Crippen LogP contribution in [0.2, 0.25) is 0 Å². The minimum atomic E-state index is 0.956. The number of hydrogen-bond acceptors (Lipinski definition) is 2. The normalized spacial score (nSPS) is 12.7. The van der Waals surface area contributed by atoms with Gasteiger partial charge in [0.2, 0.25) is 5.69 Å². The quantitative estimate of drug-likeness (QED) is 0.160. The van der Waals surface area contributed by atoms with E-state index < -0.39 is 0 Å². The van der Waals surface area contributed by atoms with Gasteiger partial charge in [-0.25, -0.2) is 4.57 Å². The molecule has 3 heterocycles. The number of aromatic nitrogens is 1. The summed E-state index contributed by atoms with van der Waals surface area (Å²) in [6.45, 7) is 4.46. The molecule has 0 saturated heterocycles. The maximum Gasteiger partial charge on any atom is 0.228 e. The van der Waals surface area contributed by atoms with E-state index in [4.69, 9.17) is 4.74 Å². The Morgan fingerprint density at radius 3 is 2.23 bits per heavy atom. The highest BCUT2D eigenvalue weighted by Gasteiger charge is 2.33. The molecule has 0 amide bonds. The van der Waals surface area contributed by atoms with E-state index in [2.05, 4.69) is 104 Å². The number of rotatable bonds is 0. The van der Waals surface area contributed by atoms with Crippen LogP contribution in [0.15, 0.2) is 79.0 Å². The molecule has 166 valence electrons. The Kier molecular flexibility index (Phi) is 3.64. The second-order valence-electron chi connectivity index (χ2n) is 9.71. The summed E-state index contributed by atoms with van der Waals surface area (Å²) < 4.78 is 11.8. The fourth-order valence-electron chi connectivity index (χ4n) is 6.08. The monoisotopic (exact) mass is 468 g/mol. The van der Waals surface area contributed by atoms with Gasteiger partial charge in [0.1, 0.15) is 18.5 Å². The van der Waals surface area contributed by atoms with Gasteiger partial charge in [0, 0.05) is 37.2 Å². The summed E-state index contributed by atoms with van der Waals surface area (Å²) in [5.41, 5.74) is 4.93. The number of pyridine rings is 1. The topological polar surface area (TPSA) is 13.1 Å². The van der Waals surface area contributed by atoms with Crippen molar-refractivity contribution in [1.82, 2.24) is 0 Å². The zero-order valence-corrected chi connectivity index (χ0v) is 20.6. The van der Waals surface area contributed by atoms with Crippen molar-refractivity contribution in [3.8, 4) is 22.8 Å². The minimum Gasteiger partial charge on any atom is -0.455 e. The number of nitrogens with zero attached hydrogens (tertiary/aromatic N) is 1. The van der Waals surface area contributed by atoms with Crippen LogP contribution in [-0.2, 0) is 7.05 Å². The summed E-state index contributed by atoms with van der Waals surface area (Å²) >= 11 is 1.88. The third kappa shape index (κ3) is 2.41. The van der Waals surface area contributed by atoms with Crippen molar-refractivity contribution in [2.75, 3.05) is 0 Å². The van der Waals surface area contributed by atoms with Crippen LogP contribution in [0.3, 0.4) is 0 Å². The van der Waals surface area contributed by atoms with E-state index in [1.807, 2.05) is 11.3 Å². The summed E-state index contributed by atoms with van der Waals surface area (Å²) in [6.07, 6.45) is 2.21. The average Bonchev–Trinajstić information content (AvgIpc) is 3.26. The summed E-state index contributed by atoms with van der Waals surface area (Å²) in [5.74, 6) is 1.94. The maximum absolute atomic E-state index is 6.85. The smallest absolute Gasteiger partial charge is 0.228 e. The van der Waals surface area contributed by atoms with Gasteiger partial charge in [-0.1, -0.05) is 42.5 Å². The lowest BCUT2D eigenvalue weighted by Gasteiger charge is -2.24. The first kappa shape index (κ1) is 19.4. The predicted octanol–water partition coefficient (Wildman–Crippen LogP) is 8.73. The standard InChI is InChI=1S/C32H22NOS/c1-17-23-14-19-8-4-5-9-20(19)15-24(23)18(2)31-28(17)30-29-22(12-13-33(30)3)32-25(16-26(29)34-31)21-10-6-7-11-27(21)35-32/h4-16H,1-3H3/q+1. The molecule has 35 heavy (non-hydrogen) atoms. The van der Waals surface area contributed by atoms with Gasteiger partial charge < -0.3 is 4.74 Å². The first-order valence-corrected chi connectivity index (χ1v) is 12.8. The van der Waals surface area contributed by atoms with E-state index in [-0.39, 0.29) is 0 Å². The summed E-state index contributed by atoms with van der Waals surface area (Å²) in [5, 5.41) is 10.2. The van der Waals surface area contributed by atoms with Crippen LogP contribution in [0, 0.1) is 13.8 Å². The highest BCUT2D eigenvalue weighted by atomic mass is 32.1. The van der Waals surface area contributed by atoms with Gasteiger partial charge in [0.15, 0.2) is 6.20 Å². The van der Waals surface area contributed by atoms with Crippen molar-refractivity contribution in [2.24, 2.45) is 7.05 Å². The molecular weight excluding hydrogens is 446 g/mol. The van der Waals surface area contributed by atoms with Gasteiger partial charge >= 0.3 is 0 Å². The molecule has 0 fully saturated rings. The number of benzene rings is 5. The van der Waals surface area contributed by atoms with Crippen LogP contribution in [-0.4, -0.2) is 0 Å². The molecule has 0 saturated carbocycles. The predicted molar refractivity (Wildman–Crippen MR) is 148 cm³/mol. The molecule has 8 rings (SSSR count). The van der Waals surface area contributed by atoms with Crippen LogP contribution < -0.4 is 9.30 Å². The van der Waals surface area contributed by atoms with Gasteiger partial charge in [0.25, 0.3) is 0 Å². The van der Waals surface area contributed by atoms with Crippen molar-refractivity contribution in [1.29, 1.82) is 0 Å². The summed E-state index contributed by atoms with van der Waals surface area (Å²) in [6, 6.07) is 26.5. The first-order valence-electron chi connectivity index (χ1n) is 12.0. The van der Waals surface area contributed by atoms with E-state index in [0.29, 0.717) is 0 Å². The number of fused-ring (bicyclic) bond motifs is 8. The Hall–Kier alpha value is -3.95. The van der Waals surface area contributed by atoms with Crippen molar-refractivity contribution in [2.45, 2.75) is 13.8 Å². The maximum atomic E-state index is 6.85. The Morgan fingerprint density at radius 1 is 0.714 bits per heavy atom. The molecule has 7 aromatic rings. The number of thiophene rings is 1. The fourth-order valence-corrected chi connectivity index (χ4v) is 7.29. The Bertz CT molecular complexity index is 2070. The lowest BCUT2D eigenvalue weighted by molar-refractivity contribution is -0.659. The molecule has 0 radical (unpaired) electrons. The lowest BCUT2D eigenvalue weighted by atomic mass is 9.88. The zero-order chi connectivity index (χ0) is 23.4. The van der Waals surface area contributed by atoms with E-state index >= 15 is 0 Å². The molecule has 3 heteroatoms. The number of hydrogen-bond donors (Lipinski definition) is 0. The van der Waals surface area contributed by atoms with Crippen LogP contribution in [0.5, 0.6) is 11.5 Å². The van der Waals surface area contributed by atoms with Crippen molar-refractivity contribution in [3.05, 3.63) is 90.1 Å². The van der Waals surface area contributed by atoms with Crippen molar-refractivity contribution >= 4 is 63.8 Å². The van der Waals surface area contributed by atoms with Gasteiger partial charge in [-0.2, -0.15) is 0 Å². The van der Waals surface area contributed by atoms with E-state index in [9.17, 15) is 0 Å². The second kappa shape index (κ2) is 6.59. The number of aryl methyl sites for hydroxylation is 3. The van der Waals surface area contributed by atoms with Gasteiger partial charge in [0.05, 0.1) is 10.9 Å². The highest BCUT2D eigenvalue weighted by Crippen LogP contribution is 2.53. The Morgan fingerprint density at radius 2 is 1.43 bits per heavy atom. The molecule has 0 spiro atoms. The van der Waals surface area contributed by atoms with Crippen LogP contribution in [0.1, 0.15) is 11.1 Å². The highest BCUT2D eigenvalue weighted by molar-refractivity contribution is 7.26. The Balaban J connectivity index is 1.57. The van der Waals surface area contributed by atoms with Crippen LogP contribution in [0.4, 0.5) is 0 Å². The third-order valence-electron chi connectivity index (χ3n) is 7.81. The fraction of sp³-hybridized carbons (Fsp3) is 0.0938. The number of ether oxygens (including phenoxy) is 1. The van der Waals surface area contributed by atoms with Crippen LogP contribution >= 0.6 is 11.3 Å². The van der Waals surface area contributed by atoms with E-state index in [1.54, 1.807) is 0 Å². The largest absolute Gasteiger partial charge is 0.455 e. The molecule has 2 aromatic heterocycles. The average molecular weight is 469 g/mol. The molecule has 2 nitrogen and oxygen atoms in total. The zero-order valence-electron chi connectivity index (χ0n) is 19.8. The molecule has 1 aliphatic rings. The third-order valence-corrected chi connectivity index (χ3v) is 9.03. The lowest BCUT2D eigenvalue weighted by Crippen LogP contribution is -2.32. The van der Waals surface area contributed by atoms with Gasteiger partial charge in [-0.05, 0) is 65.2 Å². The molecular formula is C32H22NOS+. The van der Waals surface area contributed by atoms with Crippen molar-refractivity contribution in [3.63, 3.8) is 0 Å². The molecule has 5 aromatic carbocycles. The second-order valence-corrected chi connectivity index (χ2v) is 10.8. The molecule has 0 N–H and O–H groups in total. The molecule has 0 atom stereocenters. The molecule has 0 bridgehead atoms. The Labute approximate surface area is 206 Å². The molecule has 0 aliphatic carbocycles. The first-order chi connectivity index (χ1) is 17.1. The summed E-state index contributed by atoms with van der Waals surface area (Å²) in [4.78, 5) is 0. The van der Waals surface area contributed by atoms with Gasteiger partial charge in [-0.3, -0.25) is 0 Å². The van der Waals surface area contributed by atoms with Crippen LogP contribution in [0.25, 0.3) is 63.7 Å². The summed E-state index contributed by atoms with van der Waals surface area (Å²) in [7, 11) is 2.15. The molecule has 0 unspecified atom stereocenters. The SMILES string of the molecule is Cc1c2c(c(C)c3cc4ccccc4cc13)-c1c3c(cc4c5ccccc5sc4c3cc[n+]1C)O2. The van der Waals surface area contributed by atoms with Crippen molar-refractivity contribution < 1.29 is 9.30 Å². The van der Waals surface area contributed by atoms with Gasteiger partial charge in [-0.15, -0.1) is 11.3 Å². The minimum absolute atomic E-state index is 0.956. The molecule has 1 aliphatic heterocycles. The van der Waals surface area contributed by atoms with E-state index in [0.717, 1.165) is 11.5 Å².